The van der Waals surface area contributed by atoms with Gasteiger partial charge in [0.15, 0.2) is 0 Å². The third-order valence-corrected chi connectivity index (χ3v) is 5.81. The van der Waals surface area contributed by atoms with E-state index in [1.165, 1.54) is 40.5 Å². The van der Waals surface area contributed by atoms with Crippen molar-refractivity contribution in [1.29, 1.82) is 5.41 Å². The van der Waals surface area contributed by atoms with Crippen LogP contribution in [-0.2, 0) is 0 Å². The van der Waals surface area contributed by atoms with Crippen LogP contribution in [0.2, 0.25) is 0 Å². The number of halogens is 3. The molecule has 0 bridgehead atoms. The lowest BCUT2D eigenvalue weighted by atomic mass is 10.1. The fourth-order valence-corrected chi connectivity index (χ4v) is 4.34. The lowest BCUT2D eigenvalue weighted by Gasteiger charge is -2.19. The van der Waals surface area contributed by atoms with E-state index >= 15 is 0 Å². The van der Waals surface area contributed by atoms with Crippen LogP contribution in [0.4, 0.5) is 18.9 Å². The van der Waals surface area contributed by atoms with Gasteiger partial charge in [0.2, 0.25) is 0 Å². The zero-order chi connectivity index (χ0) is 22.3. The number of hydrogen-bond acceptors (Lipinski definition) is 5. The first-order valence-electron chi connectivity index (χ1n) is 9.31. The second-order valence-electron chi connectivity index (χ2n) is 7.09. The molecule has 1 aliphatic heterocycles. The summed E-state index contributed by atoms with van der Waals surface area (Å²) in [5.41, 5.74) is 3.67. The van der Waals surface area contributed by atoms with E-state index in [4.69, 9.17) is 5.41 Å². The zero-order valence-corrected chi connectivity index (χ0v) is 17.4. The van der Waals surface area contributed by atoms with Crippen LogP contribution in [0.1, 0.15) is 15.4 Å². The molecule has 0 fully saturated rings. The van der Waals surface area contributed by atoms with Gasteiger partial charge in [0, 0.05) is 16.1 Å². The van der Waals surface area contributed by atoms with Gasteiger partial charge in [-0.3, -0.25) is 5.41 Å². The molecule has 0 amide bonds. The van der Waals surface area contributed by atoms with Crippen molar-refractivity contribution in [2.75, 3.05) is 11.4 Å². The molecular weight excluding hydrogens is 427 g/mol. The molecule has 3 aromatic rings. The Morgan fingerprint density at radius 3 is 2.32 bits per heavy atom. The average molecular weight is 445 g/mol. The molecule has 0 spiro atoms. The molecule has 1 aliphatic rings. The summed E-state index contributed by atoms with van der Waals surface area (Å²) in [6.07, 6.45) is -4.77. The third-order valence-electron chi connectivity index (χ3n) is 4.82. The molecular formula is C22H18F3N3O2S. The first kappa shape index (κ1) is 20.9. The van der Waals surface area contributed by atoms with E-state index in [-0.39, 0.29) is 23.9 Å². The lowest BCUT2D eigenvalue weighted by molar-refractivity contribution is -0.274. The summed E-state index contributed by atoms with van der Waals surface area (Å²) in [6.45, 7) is 3.97. The standard InChI is InChI=1S/C22H18F3N3O2S/c1-12-3-5-14(6-4-12)19-13(2)31-21(27-19)18-17(29)11-28(20(18)26)15-7-9-16(10-8-15)30-22(23,24)25/h3-10,26,29H,11H2,1-2H3. The number of aliphatic hydroxyl groups excluding tert-OH is 1. The predicted octanol–water partition coefficient (Wildman–Crippen LogP) is 6.09. The Hall–Kier alpha value is -3.33. The lowest BCUT2D eigenvalue weighted by Crippen LogP contribution is -2.26. The van der Waals surface area contributed by atoms with E-state index in [9.17, 15) is 18.3 Å². The molecule has 5 nitrogen and oxygen atoms in total. The summed E-state index contributed by atoms with van der Waals surface area (Å²) in [7, 11) is 0. The molecule has 0 aliphatic carbocycles. The number of amidine groups is 1. The second-order valence-corrected chi connectivity index (χ2v) is 8.29. The minimum Gasteiger partial charge on any atom is -0.510 e. The van der Waals surface area contributed by atoms with Gasteiger partial charge in [0.25, 0.3) is 0 Å². The molecule has 0 unspecified atom stereocenters. The minimum atomic E-state index is -4.77. The van der Waals surface area contributed by atoms with Crippen LogP contribution in [0.25, 0.3) is 16.8 Å². The van der Waals surface area contributed by atoms with Crippen molar-refractivity contribution in [3.05, 3.63) is 69.7 Å². The molecule has 9 heteroatoms. The number of aliphatic hydroxyl groups is 1. The number of anilines is 1. The number of rotatable bonds is 4. The summed E-state index contributed by atoms with van der Waals surface area (Å²) in [4.78, 5) is 7.12. The van der Waals surface area contributed by atoms with Gasteiger partial charge >= 0.3 is 6.36 Å². The quantitative estimate of drug-likeness (QED) is 0.510. The Morgan fingerprint density at radius 2 is 1.71 bits per heavy atom. The molecule has 4 rings (SSSR count). The highest BCUT2D eigenvalue weighted by Gasteiger charge is 2.33. The van der Waals surface area contributed by atoms with E-state index in [0.29, 0.717) is 16.3 Å². The van der Waals surface area contributed by atoms with Crippen LogP contribution in [0.5, 0.6) is 5.75 Å². The van der Waals surface area contributed by atoms with Gasteiger partial charge in [-0.1, -0.05) is 29.8 Å². The third kappa shape index (κ3) is 4.27. The Morgan fingerprint density at radius 1 is 1.06 bits per heavy atom. The van der Waals surface area contributed by atoms with Crippen LogP contribution in [-0.4, -0.2) is 28.8 Å². The molecule has 0 atom stereocenters. The van der Waals surface area contributed by atoms with Crippen molar-refractivity contribution in [3.63, 3.8) is 0 Å². The fraction of sp³-hybridized carbons (Fsp3) is 0.182. The predicted molar refractivity (Wildman–Crippen MR) is 115 cm³/mol. The number of nitrogens with one attached hydrogen (secondary N) is 1. The maximum absolute atomic E-state index is 12.4. The van der Waals surface area contributed by atoms with Gasteiger partial charge in [-0.2, -0.15) is 0 Å². The molecule has 160 valence electrons. The maximum atomic E-state index is 12.4. The fourth-order valence-electron chi connectivity index (χ4n) is 3.33. The van der Waals surface area contributed by atoms with Crippen LogP contribution >= 0.6 is 11.3 Å². The summed E-state index contributed by atoms with van der Waals surface area (Å²) < 4.78 is 41.0. The highest BCUT2D eigenvalue weighted by atomic mass is 32.1. The summed E-state index contributed by atoms with van der Waals surface area (Å²) in [6, 6.07) is 13.1. The number of ether oxygens (including phenoxy) is 1. The SMILES string of the molecule is Cc1ccc(-c2nc(C3=C(O)CN(c4ccc(OC(F)(F)F)cc4)C3=N)sc2C)cc1. The Labute approximate surface area is 180 Å². The maximum Gasteiger partial charge on any atom is 0.573 e. The van der Waals surface area contributed by atoms with Gasteiger partial charge in [0.05, 0.1) is 17.8 Å². The number of thiazole rings is 1. The number of nitrogens with zero attached hydrogens (tertiary/aromatic N) is 2. The molecule has 2 N–H and O–H groups in total. The van der Waals surface area contributed by atoms with E-state index < -0.39 is 6.36 Å². The Bertz CT molecular complexity index is 1170. The monoisotopic (exact) mass is 445 g/mol. The first-order chi connectivity index (χ1) is 14.6. The average Bonchev–Trinajstić information content (AvgIpc) is 3.21. The topological polar surface area (TPSA) is 69.4 Å². The van der Waals surface area contributed by atoms with E-state index in [0.717, 1.165) is 21.7 Å². The van der Waals surface area contributed by atoms with Crippen molar-refractivity contribution >= 4 is 28.4 Å². The molecule has 0 radical (unpaired) electrons. The van der Waals surface area contributed by atoms with E-state index in [1.54, 1.807) is 0 Å². The van der Waals surface area contributed by atoms with Crippen LogP contribution in [0, 0.1) is 19.3 Å². The number of aromatic nitrogens is 1. The van der Waals surface area contributed by atoms with Crippen LogP contribution in [0.3, 0.4) is 0 Å². The van der Waals surface area contributed by atoms with Gasteiger partial charge < -0.3 is 14.7 Å². The van der Waals surface area contributed by atoms with Crippen molar-refractivity contribution in [2.24, 2.45) is 0 Å². The van der Waals surface area contributed by atoms with Gasteiger partial charge in [-0.15, -0.1) is 24.5 Å². The van der Waals surface area contributed by atoms with Gasteiger partial charge in [0.1, 0.15) is 22.4 Å². The van der Waals surface area contributed by atoms with Crippen LogP contribution < -0.4 is 9.64 Å². The van der Waals surface area contributed by atoms with Crippen molar-refractivity contribution in [3.8, 4) is 17.0 Å². The smallest absolute Gasteiger partial charge is 0.510 e. The summed E-state index contributed by atoms with van der Waals surface area (Å²) in [5.74, 6) is -0.325. The van der Waals surface area contributed by atoms with Gasteiger partial charge in [-0.25, -0.2) is 4.98 Å². The van der Waals surface area contributed by atoms with Crippen molar-refractivity contribution in [2.45, 2.75) is 20.2 Å². The normalized spacial score (nSPS) is 14.5. The largest absolute Gasteiger partial charge is 0.573 e. The number of benzene rings is 2. The highest BCUT2D eigenvalue weighted by Crippen LogP contribution is 2.37. The van der Waals surface area contributed by atoms with Gasteiger partial charge in [-0.05, 0) is 38.1 Å². The molecule has 2 aromatic carbocycles. The van der Waals surface area contributed by atoms with E-state index in [1.807, 2.05) is 38.1 Å². The molecule has 1 aromatic heterocycles. The number of alkyl halides is 3. The van der Waals surface area contributed by atoms with Crippen LogP contribution in [0.15, 0.2) is 54.3 Å². The molecule has 0 saturated heterocycles. The zero-order valence-electron chi connectivity index (χ0n) is 16.6. The Kier molecular flexibility index (Phi) is 5.22. The molecule has 2 heterocycles. The number of hydrogen-bond donors (Lipinski definition) is 2. The second kappa shape index (κ2) is 7.73. The van der Waals surface area contributed by atoms with Crippen molar-refractivity contribution < 1.29 is 23.0 Å². The highest BCUT2D eigenvalue weighted by molar-refractivity contribution is 7.13. The molecule has 0 saturated carbocycles. The first-order valence-corrected chi connectivity index (χ1v) is 10.1. The molecule has 31 heavy (non-hydrogen) atoms. The minimum absolute atomic E-state index is 0.00942. The Balaban J connectivity index is 1.59. The number of aryl methyl sites for hydroxylation is 2. The van der Waals surface area contributed by atoms with E-state index in [2.05, 4.69) is 9.72 Å². The summed E-state index contributed by atoms with van der Waals surface area (Å²) in [5, 5.41) is 19.6. The van der Waals surface area contributed by atoms with Crippen molar-refractivity contribution in [1.82, 2.24) is 4.98 Å². The summed E-state index contributed by atoms with van der Waals surface area (Å²) >= 11 is 1.38.